The summed E-state index contributed by atoms with van der Waals surface area (Å²) >= 11 is 5.91. The Balaban J connectivity index is 1.57. The summed E-state index contributed by atoms with van der Waals surface area (Å²) in [6.07, 6.45) is 1.58. The molecule has 6 nitrogen and oxygen atoms in total. The monoisotopic (exact) mass is 289 g/mol. The van der Waals surface area contributed by atoms with Gasteiger partial charge in [-0.15, -0.1) is 10.2 Å². The molecule has 102 valence electrons. The van der Waals surface area contributed by atoms with Gasteiger partial charge in [0.1, 0.15) is 0 Å². The van der Waals surface area contributed by atoms with Crippen LogP contribution < -0.4 is 5.32 Å². The first kappa shape index (κ1) is 12.7. The number of nitrogens with zero attached hydrogens (tertiary/aromatic N) is 4. The number of benzene rings is 1. The van der Waals surface area contributed by atoms with E-state index in [4.69, 9.17) is 16.0 Å². The molecular weight excluding hydrogens is 278 g/mol. The SMILES string of the molecule is Clc1cccc(NCCn2nnc(-c3ccco3)n2)c1. The fourth-order valence-corrected chi connectivity index (χ4v) is 1.93. The number of rotatable bonds is 5. The molecule has 0 unspecified atom stereocenters. The maximum absolute atomic E-state index is 5.91. The van der Waals surface area contributed by atoms with Crippen molar-refractivity contribution in [3.63, 3.8) is 0 Å². The van der Waals surface area contributed by atoms with E-state index in [1.165, 1.54) is 4.80 Å². The summed E-state index contributed by atoms with van der Waals surface area (Å²) in [5.74, 6) is 1.09. The highest BCUT2D eigenvalue weighted by molar-refractivity contribution is 6.30. The van der Waals surface area contributed by atoms with Crippen molar-refractivity contribution in [1.82, 2.24) is 20.2 Å². The van der Waals surface area contributed by atoms with Gasteiger partial charge in [-0.2, -0.15) is 4.80 Å². The summed E-state index contributed by atoms with van der Waals surface area (Å²) < 4.78 is 5.21. The molecule has 3 aromatic rings. The fourth-order valence-electron chi connectivity index (χ4n) is 1.74. The van der Waals surface area contributed by atoms with Crippen LogP contribution in [0.25, 0.3) is 11.6 Å². The van der Waals surface area contributed by atoms with Crippen molar-refractivity contribution in [2.75, 3.05) is 11.9 Å². The van der Waals surface area contributed by atoms with Crippen LogP contribution in [0.2, 0.25) is 5.02 Å². The van der Waals surface area contributed by atoms with Crippen LogP contribution in [0, 0.1) is 0 Å². The second-order valence-electron chi connectivity index (χ2n) is 4.12. The lowest BCUT2D eigenvalue weighted by Gasteiger charge is -2.05. The van der Waals surface area contributed by atoms with Crippen LogP contribution in [0.3, 0.4) is 0 Å². The van der Waals surface area contributed by atoms with Crippen LogP contribution in [0.5, 0.6) is 0 Å². The van der Waals surface area contributed by atoms with Gasteiger partial charge < -0.3 is 9.73 Å². The molecule has 1 N–H and O–H groups in total. The molecule has 7 heteroatoms. The fraction of sp³-hybridized carbons (Fsp3) is 0.154. The van der Waals surface area contributed by atoms with E-state index in [1.807, 2.05) is 24.3 Å². The predicted molar refractivity (Wildman–Crippen MR) is 75.5 cm³/mol. The van der Waals surface area contributed by atoms with Crippen LogP contribution >= 0.6 is 11.6 Å². The lowest BCUT2D eigenvalue weighted by molar-refractivity contribution is 0.537. The van der Waals surface area contributed by atoms with Crippen molar-refractivity contribution in [2.45, 2.75) is 6.54 Å². The summed E-state index contributed by atoms with van der Waals surface area (Å²) in [5.41, 5.74) is 0.962. The normalized spacial score (nSPS) is 10.7. The van der Waals surface area contributed by atoms with Gasteiger partial charge in [-0.1, -0.05) is 17.7 Å². The minimum atomic E-state index is 0.484. The van der Waals surface area contributed by atoms with Gasteiger partial charge in [0.2, 0.25) is 5.82 Å². The van der Waals surface area contributed by atoms with E-state index in [0.717, 1.165) is 5.69 Å². The molecule has 2 heterocycles. The highest BCUT2D eigenvalue weighted by atomic mass is 35.5. The van der Waals surface area contributed by atoms with E-state index in [2.05, 4.69) is 20.7 Å². The number of halogens is 1. The summed E-state index contributed by atoms with van der Waals surface area (Å²) in [7, 11) is 0. The zero-order chi connectivity index (χ0) is 13.8. The van der Waals surface area contributed by atoms with Crippen molar-refractivity contribution in [3.8, 4) is 11.6 Å². The predicted octanol–water partition coefficient (Wildman–Crippen LogP) is 2.70. The van der Waals surface area contributed by atoms with Crippen molar-refractivity contribution >= 4 is 17.3 Å². The molecule has 0 saturated carbocycles. The van der Waals surface area contributed by atoms with Gasteiger partial charge in [0.25, 0.3) is 0 Å². The zero-order valence-electron chi connectivity index (χ0n) is 10.5. The third-order valence-electron chi connectivity index (χ3n) is 2.66. The number of hydrogen-bond donors (Lipinski definition) is 1. The molecule has 0 aliphatic rings. The molecule has 0 saturated heterocycles. The lowest BCUT2D eigenvalue weighted by atomic mass is 10.3. The van der Waals surface area contributed by atoms with Crippen molar-refractivity contribution < 1.29 is 4.42 Å². The molecule has 0 amide bonds. The number of nitrogens with one attached hydrogen (secondary N) is 1. The van der Waals surface area contributed by atoms with E-state index in [1.54, 1.807) is 18.4 Å². The Morgan fingerprint density at radius 2 is 2.20 bits per heavy atom. The number of furan rings is 1. The third-order valence-corrected chi connectivity index (χ3v) is 2.90. The Morgan fingerprint density at radius 1 is 1.25 bits per heavy atom. The van der Waals surface area contributed by atoms with Crippen LogP contribution in [0.4, 0.5) is 5.69 Å². The second kappa shape index (κ2) is 5.75. The highest BCUT2D eigenvalue weighted by Gasteiger charge is 2.07. The molecule has 0 bridgehead atoms. The van der Waals surface area contributed by atoms with Crippen LogP contribution in [-0.2, 0) is 6.54 Å². The first-order valence-electron chi connectivity index (χ1n) is 6.12. The largest absolute Gasteiger partial charge is 0.461 e. The van der Waals surface area contributed by atoms with E-state index in [0.29, 0.717) is 29.7 Å². The minimum absolute atomic E-state index is 0.484. The summed E-state index contributed by atoms with van der Waals surface area (Å²) in [6, 6.07) is 11.1. The van der Waals surface area contributed by atoms with E-state index in [9.17, 15) is 0 Å². The number of hydrogen-bond acceptors (Lipinski definition) is 5. The van der Waals surface area contributed by atoms with Gasteiger partial charge in [0, 0.05) is 17.3 Å². The minimum Gasteiger partial charge on any atom is -0.461 e. The van der Waals surface area contributed by atoms with Crippen LogP contribution in [0.1, 0.15) is 0 Å². The molecule has 0 spiro atoms. The average molecular weight is 290 g/mol. The van der Waals surface area contributed by atoms with Gasteiger partial charge in [-0.05, 0) is 35.5 Å². The van der Waals surface area contributed by atoms with Crippen molar-refractivity contribution in [1.29, 1.82) is 0 Å². The summed E-state index contributed by atoms with van der Waals surface area (Å²) in [5, 5.41) is 16.1. The number of anilines is 1. The standard InChI is InChI=1S/C13H12ClN5O/c14-10-3-1-4-11(9-10)15-6-7-19-17-13(16-18-19)12-5-2-8-20-12/h1-5,8-9,15H,6-7H2. The number of aromatic nitrogens is 4. The Morgan fingerprint density at radius 3 is 3.00 bits per heavy atom. The molecule has 1 aromatic carbocycles. The maximum Gasteiger partial charge on any atom is 0.240 e. The first-order valence-corrected chi connectivity index (χ1v) is 6.50. The van der Waals surface area contributed by atoms with E-state index < -0.39 is 0 Å². The Kier molecular flexibility index (Phi) is 3.64. The van der Waals surface area contributed by atoms with Crippen molar-refractivity contribution in [3.05, 3.63) is 47.7 Å². The van der Waals surface area contributed by atoms with Gasteiger partial charge >= 0.3 is 0 Å². The smallest absolute Gasteiger partial charge is 0.240 e. The molecule has 2 aromatic heterocycles. The molecule has 0 aliphatic heterocycles. The summed E-state index contributed by atoms with van der Waals surface area (Å²) in [4.78, 5) is 1.52. The first-order chi connectivity index (χ1) is 9.81. The average Bonchev–Trinajstić information content (AvgIpc) is 3.09. The van der Waals surface area contributed by atoms with Gasteiger partial charge in [0.05, 0.1) is 12.8 Å². The molecule has 0 aliphatic carbocycles. The topological polar surface area (TPSA) is 68.8 Å². The molecular formula is C13H12ClN5O. The Labute approximate surface area is 120 Å². The lowest BCUT2D eigenvalue weighted by Crippen LogP contribution is -2.12. The van der Waals surface area contributed by atoms with Gasteiger partial charge in [0.15, 0.2) is 5.76 Å². The molecule has 3 rings (SSSR count). The second-order valence-corrected chi connectivity index (χ2v) is 4.56. The van der Waals surface area contributed by atoms with E-state index >= 15 is 0 Å². The van der Waals surface area contributed by atoms with Gasteiger partial charge in [-0.25, -0.2) is 0 Å². The Hall–Kier alpha value is -2.34. The van der Waals surface area contributed by atoms with Crippen LogP contribution in [-0.4, -0.2) is 26.8 Å². The molecule has 0 fully saturated rings. The molecule has 20 heavy (non-hydrogen) atoms. The number of tetrazole rings is 1. The molecule has 0 radical (unpaired) electrons. The quantitative estimate of drug-likeness (QED) is 0.782. The third kappa shape index (κ3) is 2.97. The zero-order valence-corrected chi connectivity index (χ0v) is 11.3. The maximum atomic E-state index is 5.91. The Bertz CT molecular complexity index is 680. The van der Waals surface area contributed by atoms with E-state index in [-0.39, 0.29) is 0 Å². The van der Waals surface area contributed by atoms with Crippen molar-refractivity contribution in [2.24, 2.45) is 0 Å². The highest BCUT2D eigenvalue weighted by Crippen LogP contribution is 2.15. The molecule has 0 atom stereocenters. The van der Waals surface area contributed by atoms with Gasteiger partial charge in [-0.3, -0.25) is 0 Å². The summed E-state index contributed by atoms with van der Waals surface area (Å²) in [6.45, 7) is 1.27. The van der Waals surface area contributed by atoms with Crippen LogP contribution in [0.15, 0.2) is 47.1 Å².